The van der Waals surface area contributed by atoms with Gasteiger partial charge in [-0.3, -0.25) is 0 Å². The van der Waals surface area contributed by atoms with Crippen LogP contribution < -0.4 is 5.32 Å². The lowest BCUT2D eigenvalue weighted by atomic mass is 10.1. The van der Waals surface area contributed by atoms with Gasteiger partial charge in [0.05, 0.1) is 0 Å². The van der Waals surface area contributed by atoms with Crippen LogP contribution in [0, 0.1) is 18.6 Å². The van der Waals surface area contributed by atoms with Crippen molar-refractivity contribution in [2.75, 3.05) is 7.05 Å². The molecule has 0 heterocycles. The Morgan fingerprint density at radius 1 is 1.18 bits per heavy atom. The van der Waals surface area contributed by atoms with Gasteiger partial charge < -0.3 is 10.2 Å². The summed E-state index contributed by atoms with van der Waals surface area (Å²) in [7, 11) is 1.56. The van der Waals surface area contributed by atoms with E-state index in [1.807, 2.05) is 31.2 Å². The minimum atomic E-state index is -0.654. The van der Waals surface area contributed by atoms with Crippen LogP contribution in [0.1, 0.15) is 16.7 Å². The lowest BCUT2D eigenvalue weighted by molar-refractivity contribution is 0.206. The Bertz CT molecular complexity index is 673. The molecule has 3 nitrogen and oxygen atoms in total. The Morgan fingerprint density at radius 3 is 2.64 bits per heavy atom. The fraction of sp³-hybridized carbons (Fsp3) is 0.235. The third kappa shape index (κ3) is 4.28. The molecule has 2 aromatic carbocycles. The average molecular weight is 304 g/mol. The zero-order valence-electron chi connectivity index (χ0n) is 12.6. The van der Waals surface area contributed by atoms with Crippen molar-refractivity contribution in [1.82, 2.24) is 10.2 Å². The second-order valence-corrected chi connectivity index (χ2v) is 5.24. The molecular formula is C17H18F2N2O. The van der Waals surface area contributed by atoms with Gasteiger partial charge in [0, 0.05) is 31.8 Å². The van der Waals surface area contributed by atoms with Crippen molar-refractivity contribution in [3.05, 3.63) is 70.8 Å². The number of hydrogen-bond acceptors (Lipinski definition) is 1. The molecule has 116 valence electrons. The third-order valence-electron chi connectivity index (χ3n) is 3.30. The van der Waals surface area contributed by atoms with Crippen LogP contribution in [-0.4, -0.2) is 18.0 Å². The van der Waals surface area contributed by atoms with Gasteiger partial charge in [-0.1, -0.05) is 35.9 Å². The summed E-state index contributed by atoms with van der Waals surface area (Å²) >= 11 is 0. The number of hydrogen-bond donors (Lipinski definition) is 1. The molecule has 0 unspecified atom stereocenters. The molecule has 22 heavy (non-hydrogen) atoms. The summed E-state index contributed by atoms with van der Waals surface area (Å²) in [5.74, 6) is -1.29. The number of nitrogens with zero attached hydrogens (tertiary/aromatic N) is 1. The normalized spacial score (nSPS) is 10.4. The predicted molar refractivity (Wildman–Crippen MR) is 81.2 cm³/mol. The van der Waals surface area contributed by atoms with Gasteiger partial charge in [0.1, 0.15) is 11.6 Å². The summed E-state index contributed by atoms with van der Waals surface area (Å²) < 4.78 is 26.4. The average Bonchev–Trinajstić information content (AvgIpc) is 2.47. The second kappa shape index (κ2) is 7.02. The van der Waals surface area contributed by atoms with Crippen molar-refractivity contribution in [3.8, 4) is 0 Å². The van der Waals surface area contributed by atoms with Gasteiger partial charge in [-0.15, -0.1) is 0 Å². The molecule has 0 aliphatic heterocycles. The lowest BCUT2D eigenvalue weighted by Gasteiger charge is -2.18. The first-order valence-electron chi connectivity index (χ1n) is 6.94. The number of amides is 2. The molecule has 0 spiro atoms. The molecule has 0 aliphatic carbocycles. The van der Waals surface area contributed by atoms with Crippen molar-refractivity contribution < 1.29 is 13.6 Å². The van der Waals surface area contributed by atoms with E-state index in [0.29, 0.717) is 6.54 Å². The SMILES string of the molecule is Cc1cccc(CNC(=O)N(C)Cc2ccc(F)cc2F)c1. The minimum absolute atomic E-state index is 0.0752. The molecule has 0 saturated heterocycles. The number of benzene rings is 2. The van der Waals surface area contributed by atoms with Crippen LogP contribution in [-0.2, 0) is 13.1 Å². The number of nitrogens with one attached hydrogen (secondary N) is 1. The molecule has 0 fully saturated rings. The van der Waals surface area contributed by atoms with Crippen LogP contribution in [0.5, 0.6) is 0 Å². The first-order chi connectivity index (χ1) is 10.5. The summed E-state index contributed by atoms with van der Waals surface area (Å²) in [6.07, 6.45) is 0. The zero-order chi connectivity index (χ0) is 16.1. The highest BCUT2D eigenvalue weighted by molar-refractivity contribution is 5.73. The highest BCUT2D eigenvalue weighted by Crippen LogP contribution is 2.11. The largest absolute Gasteiger partial charge is 0.334 e. The summed E-state index contributed by atoms with van der Waals surface area (Å²) in [5, 5.41) is 2.77. The van der Waals surface area contributed by atoms with Crippen molar-refractivity contribution in [2.45, 2.75) is 20.0 Å². The number of carbonyl (C=O) groups excluding carboxylic acids is 1. The molecule has 2 amide bonds. The highest BCUT2D eigenvalue weighted by atomic mass is 19.1. The maximum atomic E-state index is 13.6. The Labute approximate surface area is 128 Å². The maximum absolute atomic E-state index is 13.6. The predicted octanol–water partition coefficient (Wildman–Crippen LogP) is 3.61. The van der Waals surface area contributed by atoms with Gasteiger partial charge in [0.25, 0.3) is 0 Å². The Hall–Kier alpha value is -2.43. The molecule has 2 aromatic rings. The topological polar surface area (TPSA) is 32.3 Å². The van der Waals surface area contributed by atoms with Crippen LogP contribution in [0.2, 0.25) is 0 Å². The number of aryl methyl sites for hydroxylation is 1. The quantitative estimate of drug-likeness (QED) is 0.919. The van der Waals surface area contributed by atoms with Crippen LogP contribution in [0.3, 0.4) is 0 Å². The van der Waals surface area contributed by atoms with E-state index in [2.05, 4.69) is 5.32 Å². The summed E-state index contributed by atoms with van der Waals surface area (Å²) in [4.78, 5) is 13.4. The van der Waals surface area contributed by atoms with E-state index >= 15 is 0 Å². The number of rotatable bonds is 4. The number of urea groups is 1. The highest BCUT2D eigenvalue weighted by Gasteiger charge is 2.12. The van der Waals surface area contributed by atoms with Crippen LogP contribution in [0.25, 0.3) is 0 Å². The number of halogens is 2. The van der Waals surface area contributed by atoms with Gasteiger partial charge in [-0.25, -0.2) is 13.6 Å². The smallest absolute Gasteiger partial charge is 0.317 e. The van der Waals surface area contributed by atoms with Crippen molar-refractivity contribution >= 4 is 6.03 Å². The van der Waals surface area contributed by atoms with Crippen LogP contribution in [0.15, 0.2) is 42.5 Å². The van der Waals surface area contributed by atoms with E-state index in [1.54, 1.807) is 7.05 Å². The van der Waals surface area contributed by atoms with E-state index in [4.69, 9.17) is 0 Å². The summed E-state index contributed by atoms with van der Waals surface area (Å²) in [5.41, 5.74) is 2.39. The summed E-state index contributed by atoms with van der Waals surface area (Å²) in [6.45, 7) is 2.46. The summed E-state index contributed by atoms with van der Waals surface area (Å²) in [6, 6.07) is 10.8. The molecule has 0 radical (unpaired) electrons. The molecule has 0 bridgehead atoms. The first-order valence-corrected chi connectivity index (χ1v) is 6.94. The van der Waals surface area contributed by atoms with E-state index in [0.717, 1.165) is 17.2 Å². The Balaban J connectivity index is 1.92. The molecule has 2 rings (SSSR count). The van der Waals surface area contributed by atoms with Crippen molar-refractivity contribution in [1.29, 1.82) is 0 Å². The number of carbonyl (C=O) groups is 1. The monoisotopic (exact) mass is 304 g/mol. The maximum Gasteiger partial charge on any atom is 0.317 e. The molecule has 0 saturated carbocycles. The van der Waals surface area contributed by atoms with Gasteiger partial charge in [-0.2, -0.15) is 0 Å². The van der Waals surface area contributed by atoms with Gasteiger partial charge in [-0.05, 0) is 18.6 Å². The van der Waals surface area contributed by atoms with Gasteiger partial charge >= 0.3 is 6.03 Å². The molecule has 5 heteroatoms. The van der Waals surface area contributed by atoms with Gasteiger partial charge in [0.15, 0.2) is 0 Å². The van der Waals surface area contributed by atoms with E-state index in [-0.39, 0.29) is 18.1 Å². The fourth-order valence-electron chi connectivity index (χ4n) is 2.11. The van der Waals surface area contributed by atoms with E-state index in [9.17, 15) is 13.6 Å². The fourth-order valence-corrected chi connectivity index (χ4v) is 2.11. The first kappa shape index (κ1) is 15.9. The second-order valence-electron chi connectivity index (χ2n) is 5.24. The molecule has 1 N–H and O–H groups in total. The lowest BCUT2D eigenvalue weighted by Crippen LogP contribution is -2.36. The zero-order valence-corrected chi connectivity index (χ0v) is 12.6. The Kier molecular flexibility index (Phi) is 5.09. The molecular weight excluding hydrogens is 286 g/mol. The third-order valence-corrected chi connectivity index (χ3v) is 3.30. The van der Waals surface area contributed by atoms with Crippen molar-refractivity contribution in [3.63, 3.8) is 0 Å². The molecule has 0 aromatic heterocycles. The van der Waals surface area contributed by atoms with Gasteiger partial charge in [0.2, 0.25) is 0 Å². The van der Waals surface area contributed by atoms with Crippen molar-refractivity contribution in [2.24, 2.45) is 0 Å². The minimum Gasteiger partial charge on any atom is -0.334 e. The standard InChI is InChI=1S/C17H18F2N2O/c1-12-4-3-5-13(8-12)10-20-17(22)21(2)11-14-6-7-15(18)9-16(14)19/h3-9H,10-11H2,1-2H3,(H,20,22). The van der Waals surface area contributed by atoms with E-state index < -0.39 is 11.6 Å². The van der Waals surface area contributed by atoms with E-state index in [1.165, 1.54) is 17.0 Å². The molecule has 0 atom stereocenters. The van der Waals surface area contributed by atoms with Crippen LogP contribution in [0.4, 0.5) is 13.6 Å². The Morgan fingerprint density at radius 2 is 1.95 bits per heavy atom. The van der Waals surface area contributed by atoms with Crippen LogP contribution >= 0.6 is 0 Å². The molecule has 0 aliphatic rings.